The van der Waals surface area contributed by atoms with E-state index >= 15 is 0 Å². The molecule has 0 saturated heterocycles. The molecule has 1 rings (SSSR count). The number of amides is 3. The maximum absolute atomic E-state index is 13.1. The Morgan fingerprint density at radius 1 is 1.03 bits per heavy atom. The summed E-state index contributed by atoms with van der Waals surface area (Å²) < 4.78 is 5.16. The molecule has 7 nitrogen and oxygen atoms in total. The van der Waals surface area contributed by atoms with Crippen LogP contribution >= 0.6 is 0 Å². The topological polar surface area (TPSA) is 87.7 Å². The van der Waals surface area contributed by atoms with Crippen LogP contribution in [0.4, 0.5) is 4.79 Å². The summed E-state index contributed by atoms with van der Waals surface area (Å²) >= 11 is 0. The van der Waals surface area contributed by atoms with E-state index in [9.17, 15) is 14.4 Å². The van der Waals surface area contributed by atoms with E-state index in [2.05, 4.69) is 10.6 Å². The first kappa shape index (κ1) is 24.5. The molecule has 0 fully saturated rings. The molecular formula is C22H35N3O4. The lowest BCUT2D eigenvalue weighted by Crippen LogP contribution is -2.50. The highest BCUT2D eigenvalue weighted by Crippen LogP contribution is 2.27. The number of carbonyl (C=O) groups excluding carboxylic acids is 3. The highest BCUT2D eigenvalue weighted by molar-refractivity contribution is 5.91. The van der Waals surface area contributed by atoms with Gasteiger partial charge in [-0.2, -0.15) is 0 Å². The molecule has 3 amide bonds. The summed E-state index contributed by atoms with van der Waals surface area (Å²) in [6.45, 7) is 14.5. The standard InChI is InChI=1S/C22H35N3O4/c1-14-11-10-12-15(2)17(14)18(19(27)24-21(3,4)5)25(9)16(26)13-23-20(28)29-22(6,7)8/h10-12,18H,13H2,1-9H3,(H,23,28)(H,24,27). The molecule has 1 atom stereocenters. The normalized spacial score (nSPS) is 12.7. The zero-order chi connectivity index (χ0) is 22.6. The van der Waals surface area contributed by atoms with Crippen LogP contribution < -0.4 is 10.6 Å². The smallest absolute Gasteiger partial charge is 0.408 e. The number of ether oxygens (including phenoxy) is 1. The Morgan fingerprint density at radius 3 is 2.00 bits per heavy atom. The summed E-state index contributed by atoms with van der Waals surface area (Å²) in [4.78, 5) is 39.2. The molecule has 0 heterocycles. The highest BCUT2D eigenvalue weighted by Gasteiger charge is 2.33. The Morgan fingerprint density at radius 2 is 1.55 bits per heavy atom. The van der Waals surface area contributed by atoms with Crippen molar-refractivity contribution >= 4 is 17.9 Å². The molecule has 0 aliphatic carbocycles. The number of likely N-dealkylation sites (N-methyl/N-ethyl adjacent to an activating group) is 1. The first-order valence-corrected chi connectivity index (χ1v) is 9.73. The SMILES string of the molecule is Cc1cccc(C)c1C(C(=O)NC(C)(C)C)N(C)C(=O)CNC(=O)OC(C)(C)C. The third-order valence-electron chi connectivity index (χ3n) is 4.13. The van der Waals surface area contributed by atoms with Crippen LogP contribution in [0.1, 0.15) is 64.3 Å². The van der Waals surface area contributed by atoms with Gasteiger partial charge in [0, 0.05) is 12.6 Å². The van der Waals surface area contributed by atoms with E-state index in [-0.39, 0.29) is 12.5 Å². The molecule has 162 valence electrons. The van der Waals surface area contributed by atoms with Crippen LogP contribution in [-0.4, -0.2) is 47.5 Å². The number of aryl methyl sites for hydroxylation is 2. The molecule has 1 aromatic carbocycles. The number of benzene rings is 1. The summed E-state index contributed by atoms with van der Waals surface area (Å²) in [5, 5.41) is 5.42. The number of nitrogens with zero attached hydrogens (tertiary/aromatic N) is 1. The fourth-order valence-corrected chi connectivity index (χ4v) is 2.93. The summed E-state index contributed by atoms with van der Waals surface area (Å²) in [5.74, 6) is -0.671. The van der Waals surface area contributed by atoms with Crippen LogP contribution in [0.15, 0.2) is 18.2 Å². The van der Waals surface area contributed by atoms with E-state index in [4.69, 9.17) is 4.74 Å². The monoisotopic (exact) mass is 405 g/mol. The number of nitrogens with one attached hydrogen (secondary N) is 2. The number of hydrogen-bond acceptors (Lipinski definition) is 4. The maximum Gasteiger partial charge on any atom is 0.408 e. The van der Waals surface area contributed by atoms with Gasteiger partial charge in [0.2, 0.25) is 11.8 Å². The summed E-state index contributed by atoms with van der Waals surface area (Å²) in [6, 6.07) is 4.93. The second-order valence-electron chi connectivity index (χ2n) is 9.31. The molecule has 2 N–H and O–H groups in total. The fraction of sp³-hybridized carbons (Fsp3) is 0.591. The van der Waals surface area contributed by atoms with E-state index < -0.39 is 29.2 Å². The zero-order valence-corrected chi connectivity index (χ0v) is 19.1. The lowest BCUT2D eigenvalue weighted by molar-refractivity contribution is -0.139. The van der Waals surface area contributed by atoms with Crippen molar-refractivity contribution in [3.05, 3.63) is 34.9 Å². The Balaban J connectivity index is 3.11. The van der Waals surface area contributed by atoms with Gasteiger partial charge < -0.3 is 20.3 Å². The Kier molecular flexibility index (Phi) is 7.83. The maximum atomic E-state index is 13.1. The number of hydrogen-bond donors (Lipinski definition) is 2. The van der Waals surface area contributed by atoms with Crippen LogP contribution in [0, 0.1) is 13.8 Å². The van der Waals surface area contributed by atoms with Crippen molar-refractivity contribution in [2.45, 2.75) is 72.6 Å². The molecule has 0 bridgehead atoms. The number of alkyl carbamates (subject to hydrolysis) is 1. The first-order chi connectivity index (χ1) is 13.1. The van der Waals surface area contributed by atoms with Crippen LogP contribution in [0.5, 0.6) is 0 Å². The van der Waals surface area contributed by atoms with Crippen molar-refractivity contribution in [1.82, 2.24) is 15.5 Å². The molecule has 1 aromatic rings. The first-order valence-electron chi connectivity index (χ1n) is 9.73. The van der Waals surface area contributed by atoms with Crippen LogP contribution in [0.25, 0.3) is 0 Å². The third-order valence-corrected chi connectivity index (χ3v) is 4.13. The molecule has 0 aliphatic rings. The van der Waals surface area contributed by atoms with Crippen molar-refractivity contribution in [3.63, 3.8) is 0 Å². The van der Waals surface area contributed by atoms with Gasteiger partial charge in [-0.15, -0.1) is 0 Å². The van der Waals surface area contributed by atoms with Gasteiger partial charge in [-0.05, 0) is 72.1 Å². The van der Waals surface area contributed by atoms with Crippen molar-refractivity contribution in [2.24, 2.45) is 0 Å². The largest absolute Gasteiger partial charge is 0.444 e. The lowest BCUT2D eigenvalue weighted by Gasteiger charge is -2.33. The third kappa shape index (κ3) is 7.75. The van der Waals surface area contributed by atoms with Gasteiger partial charge in [0.05, 0.1) is 0 Å². The van der Waals surface area contributed by atoms with E-state index in [1.54, 1.807) is 27.8 Å². The Hall–Kier alpha value is -2.57. The minimum absolute atomic E-state index is 0.268. The summed E-state index contributed by atoms with van der Waals surface area (Å²) in [5.41, 5.74) is 1.50. The van der Waals surface area contributed by atoms with E-state index in [0.717, 1.165) is 16.7 Å². The molecule has 0 radical (unpaired) electrons. The van der Waals surface area contributed by atoms with E-state index in [0.29, 0.717) is 0 Å². The van der Waals surface area contributed by atoms with Gasteiger partial charge in [-0.1, -0.05) is 18.2 Å². The summed E-state index contributed by atoms with van der Waals surface area (Å²) in [6.07, 6.45) is -0.679. The van der Waals surface area contributed by atoms with Crippen molar-refractivity contribution < 1.29 is 19.1 Å². The highest BCUT2D eigenvalue weighted by atomic mass is 16.6. The van der Waals surface area contributed by atoms with Gasteiger partial charge in [0.25, 0.3) is 0 Å². The van der Waals surface area contributed by atoms with Crippen molar-refractivity contribution in [1.29, 1.82) is 0 Å². The van der Waals surface area contributed by atoms with E-state index in [1.807, 2.05) is 52.8 Å². The molecule has 29 heavy (non-hydrogen) atoms. The Bertz CT molecular complexity index is 740. The van der Waals surface area contributed by atoms with Gasteiger partial charge in [-0.3, -0.25) is 9.59 Å². The average Bonchev–Trinajstić information content (AvgIpc) is 2.52. The molecule has 0 spiro atoms. The molecule has 0 aliphatic heterocycles. The van der Waals surface area contributed by atoms with Crippen molar-refractivity contribution in [2.75, 3.05) is 13.6 Å². The Labute approximate surface area is 174 Å². The van der Waals surface area contributed by atoms with Gasteiger partial charge in [-0.25, -0.2) is 4.79 Å². The second kappa shape index (κ2) is 9.29. The van der Waals surface area contributed by atoms with Gasteiger partial charge in [0.15, 0.2) is 0 Å². The van der Waals surface area contributed by atoms with Gasteiger partial charge in [0.1, 0.15) is 18.2 Å². The quantitative estimate of drug-likeness (QED) is 0.787. The van der Waals surface area contributed by atoms with Crippen LogP contribution in [0.3, 0.4) is 0 Å². The predicted octanol–water partition coefficient (Wildman–Crippen LogP) is 3.24. The minimum Gasteiger partial charge on any atom is -0.444 e. The molecule has 0 saturated carbocycles. The number of carbonyl (C=O) groups is 3. The van der Waals surface area contributed by atoms with Crippen LogP contribution in [-0.2, 0) is 14.3 Å². The van der Waals surface area contributed by atoms with E-state index in [1.165, 1.54) is 4.90 Å². The molecule has 1 unspecified atom stereocenters. The van der Waals surface area contributed by atoms with Crippen molar-refractivity contribution in [3.8, 4) is 0 Å². The average molecular weight is 406 g/mol. The number of rotatable bonds is 5. The summed E-state index contributed by atoms with van der Waals surface area (Å²) in [7, 11) is 1.57. The van der Waals surface area contributed by atoms with Crippen LogP contribution in [0.2, 0.25) is 0 Å². The molecule has 0 aromatic heterocycles. The van der Waals surface area contributed by atoms with Gasteiger partial charge >= 0.3 is 6.09 Å². The lowest BCUT2D eigenvalue weighted by atomic mass is 9.93. The predicted molar refractivity (Wildman–Crippen MR) is 114 cm³/mol. The fourth-order valence-electron chi connectivity index (χ4n) is 2.93. The zero-order valence-electron chi connectivity index (χ0n) is 19.1. The minimum atomic E-state index is -0.816. The molecule has 7 heteroatoms. The molecular weight excluding hydrogens is 370 g/mol. The second-order valence-corrected chi connectivity index (χ2v) is 9.31.